The lowest BCUT2D eigenvalue weighted by molar-refractivity contribution is -0.154. The molecule has 2 unspecified atom stereocenters. The number of fused-ring (bicyclic) bond motifs is 4. The van der Waals surface area contributed by atoms with E-state index in [0.717, 1.165) is 12.0 Å². The van der Waals surface area contributed by atoms with Crippen LogP contribution in [0.3, 0.4) is 0 Å². The molecule has 0 saturated carbocycles. The van der Waals surface area contributed by atoms with Crippen LogP contribution in [0, 0.1) is 0 Å². The summed E-state index contributed by atoms with van der Waals surface area (Å²) >= 11 is 0. The van der Waals surface area contributed by atoms with E-state index in [4.69, 9.17) is 4.74 Å². The van der Waals surface area contributed by atoms with Crippen molar-refractivity contribution in [2.45, 2.75) is 62.9 Å². The second-order valence-corrected chi connectivity index (χ2v) is 10.4. The molecular formula is C29H30O2. The highest BCUT2D eigenvalue weighted by Gasteiger charge is 2.64. The van der Waals surface area contributed by atoms with Crippen LogP contribution in [0.2, 0.25) is 0 Å². The van der Waals surface area contributed by atoms with Crippen molar-refractivity contribution in [3.63, 3.8) is 0 Å². The first kappa shape index (κ1) is 20.1. The van der Waals surface area contributed by atoms with Crippen molar-refractivity contribution in [1.82, 2.24) is 0 Å². The first-order valence-corrected chi connectivity index (χ1v) is 11.2. The molecule has 158 valence electrons. The lowest BCUT2D eigenvalue weighted by atomic mass is 9.70. The second-order valence-electron chi connectivity index (χ2n) is 10.4. The molecule has 0 saturated heterocycles. The van der Waals surface area contributed by atoms with Crippen LogP contribution in [-0.2, 0) is 32.2 Å². The van der Waals surface area contributed by atoms with Crippen LogP contribution in [0.25, 0.3) is 0 Å². The van der Waals surface area contributed by atoms with E-state index in [0.29, 0.717) is 6.42 Å². The molecular weight excluding hydrogens is 380 g/mol. The van der Waals surface area contributed by atoms with Gasteiger partial charge in [0.15, 0.2) is 0 Å². The Bertz CT molecular complexity index is 1130. The lowest BCUT2D eigenvalue weighted by Crippen LogP contribution is -2.47. The third-order valence-electron chi connectivity index (χ3n) is 7.50. The summed E-state index contributed by atoms with van der Waals surface area (Å²) in [5, 5.41) is 0. The van der Waals surface area contributed by atoms with E-state index in [1.807, 2.05) is 30.3 Å². The molecule has 2 atom stereocenters. The van der Waals surface area contributed by atoms with Gasteiger partial charge in [-0.3, -0.25) is 4.79 Å². The van der Waals surface area contributed by atoms with E-state index >= 15 is 0 Å². The van der Waals surface area contributed by atoms with Gasteiger partial charge in [-0.15, -0.1) is 0 Å². The molecule has 3 aromatic carbocycles. The van der Waals surface area contributed by atoms with Gasteiger partial charge in [0.05, 0.1) is 11.8 Å². The first-order chi connectivity index (χ1) is 14.8. The Morgan fingerprint density at radius 3 is 1.94 bits per heavy atom. The van der Waals surface area contributed by atoms with Gasteiger partial charge in [-0.1, -0.05) is 107 Å². The summed E-state index contributed by atoms with van der Waals surface area (Å²) < 4.78 is 6.46. The van der Waals surface area contributed by atoms with E-state index in [2.05, 4.69) is 76.2 Å². The maximum Gasteiger partial charge on any atom is 0.310 e. The molecule has 3 aromatic rings. The number of rotatable bonds is 3. The van der Waals surface area contributed by atoms with Crippen molar-refractivity contribution in [2.75, 3.05) is 0 Å². The van der Waals surface area contributed by atoms with Crippen molar-refractivity contribution in [1.29, 1.82) is 0 Å². The van der Waals surface area contributed by atoms with Gasteiger partial charge in [0.2, 0.25) is 0 Å². The quantitative estimate of drug-likeness (QED) is 0.488. The van der Waals surface area contributed by atoms with E-state index in [1.54, 1.807) is 0 Å². The Morgan fingerprint density at radius 2 is 1.29 bits per heavy atom. The monoisotopic (exact) mass is 410 g/mol. The molecule has 2 nitrogen and oxygen atoms in total. The molecule has 0 aliphatic heterocycles. The van der Waals surface area contributed by atoms with Crippen LogP contribution in [-0.4, -0.2) is 12.1 Å². The van der Waals surface area contributed by atoms with Gasteiger partial charge in [-0.05, 0) is 39.7 Å². The third kappa shape index (κ3) is 2.88. The van der Waals surface area contributed by atoms with Gasteiger partial charge in [-0.25, -0.2) is 0 Å². The average molecular weight is 411 g/mol. The number of hydrogen-bond donors (Lipinski definition) is 0. The summed E-state index contributed by atoms with van der Waals surface area (Å²) in [6, 6.07) is 27.3. The molecule has 0 bridgehead atoms. The minimum Gasteiger partial charge on any atom is -0.460 e. The highest BCUT2D eigenvalue weighted by molar-refractivity contribution is 5.74. The topological polar surface area (TPSA) is 26.3 Å². The van der Waals surface area contributed by atoms with Crippen LogP contribution in [0.5, 0.6) is 0 Å². The van der Waals surface area contributed by atoms with E-state index < -0.39 is 0 Å². The summed E-state index contributed by atoms with van der Waals surface area (Å²) in [4.78, 5) is 13.2. The number of ether oxygens (including phenoxy) is 1. The number of benzene rings is 3. The van der Waals surface area contributed by atoms with Gasteiger partial charge in [0.1, 0.15) is 6.10 Å². The molecule has 1 spiro atoms. The smallest absolute Gasteiger partial charge is 0.310 e. The molecule has 0 aromatic heterocycles. The standard InChI is InChI=1S/C29H30O2/c1-27(2)19-29(23-16-10-8-14-21(23)27)24-17-11-9-15-22(24)28(3,4)26(29)31-25(30)18-20-12-6-5-7-13-20/h5-17,26H,18-19H2,1-4H3. The van der Waals surface area contributed by atoms with Gasteiger partial charge in [0.25, 0.3) is 0 Å². The highest BCUT2D eigenvalue weighted by Crippen LogP contribution is 2.63. The SMILES string of the molecule is CC1(C)CC2(c3ccccc31)c1ccccc1C(C)(C)C2OC(=O)Cc1ccccc1. The van der Waals surface area contributed by atoms with Crippen LogP contribution < -0.4 is 0 Å². The molecule has 0 heterocycles. The lowest BCUT2D eigenvalue weighted by Gasteiger charge is -2.39. The Hall–Kier alpha value is -2.87. The Kier molecular flexibility index (Phi) is 4.41. The molecule has 0 N–H and O–H groups in total. The maximum absolute atomic E-state index is 13.2. The van der Waals surface area contributed by atoms with Crippen molar-refractivity contribution in [3.05, 3.63) is 107 Å². The summed E-state index contributed by atoms with van der Waals surface area (Å²) in [5.41, 5.74) is 5.68. The van der Waals surface area contributed by atoms with Crippen molar-refractivity contribution < 1.29 is 9.53 Å². The fraction of sp³-hybridized carbons (Fsp3) is 0.345. The Balaban J connectivity index is 1.64. The minimum absolute atomic E-state index is 0.00815. The van der Waals surface area contributed by atoms with Crippen molar-refractivity contribution in [3.8, 4) is 0 Å². The predicted octanol–water partition coefficient (Wildman–Crippen LogP) is 6.10. The van der Waals surface area contributed by atoms with E-state index in [1.165, 1.54) is 22.3 Å². The second kappa shape index (κ2) is 6.82. The van der Waals surface area contributed by atoms with Crippen molar-refractivity contribution >= 4 is 5.97 Å². The molecule has 0 fully saturated rings. The zero-order valence-electron chi connectivity index (χ0n) is 18.8. The summed E-state index contributed by atoms with van der Waals surface area (Å²) in [5.74, 6) is -0.154. The Labute approximate surface area is 185 Å². The van der Waals surface area contributed by atoms with Gasteiger partial charge >= 0.3 is 5.97 Å². The first-order valence-electron chi connectivity index (χ1n) is 11.2. The summed E-state index contributed by atoms with van der Waals surface area (Å²) in [6.45, 7) is 9.10. The van der Waals surface area contributed by atoms with Gasteiger partial charge in [-0.2, -0.15) is 0 Å². The summed E-state index contributed by atoms with van der Waals surface area (Å²) in [7, 11) is 0. The third-order valence-corrected chi connectivity index (χ3v) is 7.50. The summed E-state index contributed by atoms with van der Waals surface area (Å²) in [6.07, 6.45) is 0.977. The molecule has 31 heavy (non-hydrogen) atoms. The van der Waals surface area contributed by atoms with Crippen LogP contribution in [0.4, 0.5) is 0 Å². The highest BCUT2D eigenvalue weighted by atomic mass is 16.5. The van der Waals surface area contributed by atoms with Crippen LogP contribution in [0.1, 0.15) is 61.9 Å². The zero-order valence-corrected chi connectivity index (χ0v) is 18.8. The zero-order chi connectivity index (χ0) is 21.9. The van der Waals surface area contributed by atoms with E-state index in [-0.39, 0.29) is 28.3 Å². The maximum atomic E-state index is 13.2. The predicted molar refractivity (Wildman–Crippen MR) is 124 cm³/mol. The number of carbonyl (C=O) groups is 1. The van der Waals surface area contributed by atoms with Crippen molar-refractivity contribution in [2.24, 2.45) is 0 Å². The van der Waals surface area contributed by atoms with Gasteiger partial charge in [0, 0.05) is 5.41 Å². The molecule has 2 heteroatoms. The number of esters is 1. The number of carbonyl (C=O) groups excluding carboxylic acids is 1. The average Bonchev–Trinajstić information content (AvgIpc) is 3.10. The van der Waals surface area contributed by atoms with Gasteiger partial charge < -0.3 is 4.74 Å². The fourth-order valence-electron chi connectivity index (χ4n) is 6.34. The van der Waals surface area contributed by atoms with Crippen LogP contribution in [0.15, 0.2) is 78.9 Å². The molecule has 2 aliphatic rings. The molecule has 0 radical (unpaired) electrons. The Morgan fingerprint density at radius 1 is 0.774 bits per heavy atom. The normalized spacial score (nSPS) is 24.6. The largest absolute Gasteiger partial charge is 0.460 e. The van der Waals surface area contributed by atoms with E-state index in [9.17, 15) is 4.79 Å². The fourth-order valence-corrected chi connectivity index (χ4v) is 6.34. The van der Waals surface area contributed by atoms with Crippen LogP contribution >= 0.6 is 0 Å². The molecule has 5 rings (SSSR count). The molecule has 0 amide bonds. The number of hydrogen-bond acceptors (Lipinski definition) is 2. The minimum atomic E-state index is -0.327. The molecule has 2 aliphatic carbocycles.